The molecule has 0 bridgehead atoms. The van der Waals surface area contributed by atoms with Crippen molar-refractivity contribution in [2.45, 2.75) is 32.2 Å². The number of amides is 2. The normalized spacial score (nSPS) is 13.7. The van der Waals surface area contributed by atoms with Gasteiger partial charge in [-0.15, -0.1) is 17.5 Å². The molecule has 2 amide bonds. The summed E-state index contributed by atoms with van der Waals surface area (Å²) in [5, 5.41) is 24.6. The van der Waals surface area contributed by atoms with Crippen molar-refractivity contribution in [3.8, 4) is 0 Å². The zero-order valence-corrected chi connectivity index (χ0v) is 19.6. The summed E-state index contributed by atoms with van der Waals surface area (Å²) in [6.07, 6.45) is 2.38. The molecule has 1 saturated heterocycles. The van der Waals surface area contributed by atoms with Gasteiger partial charge in [0.2, 0.25) is 0 Å². The first kappa shape index (κ1) is 24.8. The molecule has 10 nitrogen and oxygen atoms in total. The van der Waals surface area contributed by atoms with Gasteiger partial charge in [0.05, 0.1) is 6.04 Å². The summed E-state index contributed by atoms with van der Waals surface area (Å²) in [4.78, 5) is 27.7. The number of nitrogens with two attached hydrogens (primary N) is 1. The highest BCUT2D eigenvalue weighted by atomic mass is 35.5. The van der Waals surface area contributed by atoms with Gasteiger partial charge in [0, 0.05) is 36.2 Å². The molecule has 1 atom stereocenters. The molecule has 1 aromatic heterocycles. The maximum absolute atomic E-state index is 13.1. The summed E-state index contributed by atoms with van der Waals surface area (Å²) in [6, 6.07) is 11.8. The van der Waals surface area contributed by atoms with Gasteiger partial charge in [-0.05, 0) is 65.6 Å². The number of hydrogen-bond acceptors (Lipinski definition) is 6. The number of nitrogen functional groups attached to an aromatic ring is 1. The van der Waals surface area contributed by atoms with Crippen molar-refractivity contribution in [2.75, 3.05) is 13.1 Å². The molecule has 1 aliphatic rings. The predicted molar refractivity (Wildman–Crippen MR) is 129 cm³/mol. The van der Waals surface area contributed by atoms with Crippen molar-refractivity contribution in [2.24, 2.45) is 5.73 Å². The van der Waals surface area contributed by atoms with Crippen LogP contribution in [0.5, 0.6) is 0 Å². The standard InChI is InChI=1S/C23H26N8O2.ClH/c1-14-11-17(7-8-18(14)23(33)31-9-2-3-10-31)22(32)26-19(13-20-27-29-30-28-20)15-5-4-6-16(12-15)21(24)25;/h4-8,11-12,19H,2-3,9-10,13H2,1H3,(H3,24,25)(H,26,32)(H,27,28,29,30);1H. The third-order valence-corrected chi connectivity index (χ3v) is 5.80. The highest BCUT2D eigenvalue weighted by molar-refractivity contribution is 5.99. The number of tetrazole rings is 1. The van der Waals surface area contributed by atoms with Crippen LogP contribution in [0.25, 0.3) is 0 Å². The van der Waals surface area contributed by atoms with Crippen LogP contribution in [0.3, 0.4) is 0 Å². The summed E-state index contributed by atoms with van der Waals surface area (Å²) in [7, 11) is 0. The Balaban J connectivity index is 0.00000324. The molecule has 178 valence electrons. The number of halogens is 1. The Morgan fingerprint density at radius 2 is 1.94 bits per heavy atom. The van der Waals surface area contributed by atoms with Crippen molar-refractivity contribution < 1.29 is 9.59 Å². The fourth-order valence-electron chi connectivity index (χ4n) is 4.01. The minimum atomic E-state index is -0.460. The molecule has 1 fully saturated rings. The summed E-state index contributed by atoms with van der Waals surface area (Å²) >= 11 is 0. The lowest BCUT2D eigenvalue weighted by Crippen LogP contribution is -2.31. The monoisotopic (exact) mass is 482 g/mol. The quantitative estimate of drug-likeness (QED) is 0.299. The van der Waals surface area contributed by atoms with Gasteiger partial charge in [-0.25, -0.2) is 5.10 Å². The van der Waals surface area contributed by atoms with Crippen LogP contribution in [0.2, 0.25) is 0 Å². The minimum Gasteiger partial charge on any atom is -0.384 e. The van der Waals surface area contributed by atoms with Gasteiger partial charge in [-0.3, -0.25) is 15.0 Å². The lowest BCUT2D eigenvalue weighted by atomic mass is 9.99. The maximum Gasteiger partial charge on any atom is 0.254 e. The number of benzene rings is 2. The van der Waals surface area contributed by atoms with Crippen LogP contribution in [0.1, 0.15) is 62.1 Å². The molecule has 1 unspecified atom stereocenters. The van der Waals surface area contributed by atoms with E-state index >= 15 is 0 Å². The summed E-state index contributed by atoms with van der Waals surface area (Å²) in [6.45, 7) is 3.39. The summed E-state index contributed by atoms with van der Waals surface area (Å²) in [5.74, 6) is 0.172. The van der Waals surface area contributed by atoms with Crippen LogP contribution < -0.4 is 11.1 Å². The van der Waals surface area contributed by atoms with Crippen molar-refractivity contribution in [1.29, 1.82) is 5.41 Å². The Kier molecular flexibility index (Phi) is 7.95. The Hall–Kier alpha value is -3.79. The van der Waals surface area contributed by atoms with Gasteiger partial charge in [0.25, 0.3) is 11.8 Å². The highest BCUT2D eigenvalue weighted by Gasteiger charge is 2.23. The number of hydrogen-bond donors (Lipinski definition) is 4. The number of likely N-dealkylation sites (tertiary alicyclic amines) is 1. The van der Waals surface area contributed by atoms with E-state index in [9.17, 15) is 9.59 Å². The number of aromatic nitrogens is 4. The number of carbonyl (C=O) groups excluding carboxylic acids is 2. The Bertz CT molecular complexity index is 1180. The van der Waals surface area contributed by atoms with E-state index in [4.69, 9.17) is 11.1 Å². The maximum atomic E-state index is 13.1. The number of carbonyl (C=O) groups is 2. The van der Waals surface area contributed by atoms with Crippen LogP contribution in [0.4, 0.5) is 0 Å². The fraction of sp³-hybridized carbons (Fsp3) is 0.304. The van der Waals surface area contributed by atoms with E-state index in [0.29, 0.717) is 28.9 Å². The zero-order chi connectivity index (χ0) is 23.4. The second kappa shape index (κ2) is 10.9. The van der Waals surface area contributed by atoms with Gasteiger partial charge >= 0.3 is 0 Å². The molecule has 2 heterocycles. The number of nitrogens with zero attached hydrogens (tertiary/aromatic N) is 4. The van der Waals surface area contributed by atoms with Gasteiger partial charge in [0.15, 0.2) is 5.82 Å². The first-order valence-corrected chi connectivity index (χ1v) is 10.8. The average molecular weight is 483 g/mol. The van der Waals surface area contributed by atoms with Crippen molar-refractivity contribution >= 4 is 30.1 Å². The van der Waals surface area contributed by atoms with E-state index in [1.54, 1.807) is 36.4 Å². The molecule has 0 saturated carbocycles. The van der Waals surface area contributed by atoms with E-state index in [0.717, 1.165) is 37.1 Å². The number of rotatable bonds is 7. The van der Waals surface area contributed by atoms with E-state index in [1.165, 1.54) is 0 Å². The van der Waals surface area contributed by atoms with Gasteiger partial charge in [0.1, 0.15) is 5.84 Å². The van der Waals surface area contributed by atoms with Crippen molar-refractivity contribution in [1.82, 2.24) is 30.8 Å². The van der Waals surface area contributed by atoms with E-state index in [1.807, 2.05) is 17.9 Å². The number of aromatic amines is 1. The Morgan fingerprint density at radius 3 is 2.59 bits per heavy atom. The number of nitrogens with one attached hydrogen (secondary N) is 3. The first-order chi connectivity index (χ1) is 15.9. The second-order valence-electron chi connectivity index (χ2n) is 8.15. The summed E-state index contributed by atoms with van der Waals surface area (Å²) < 4.78 is 0. The topological polar surface area (TPSA) is 154 Å². The van der Waals surface area contributed by atoms with Crippen molar-refractivity contribution in [3.63, 3.8) is 0 Å². The highest BCUT2D eigenvalue weighted by Crippen LogP contribution is 2.21. The van der Waals surface area contributed by atoms with E-state index in [2.05, 4.69) is 25.9 Å². The molecular formula is C23H27ClN8O2. The zero-order valence-electron chi connectivity index (χ0n) is 18.7. The van der Waals surface area contributed by atoms with Crippen molar-refractivity contribution in [3.05, 3.63) is 76.1 Å². The predicted octanol–water partition coefficient (Wildman–Crippen LogP) is 2.16. The molecule has 11 heteroatoms. The molecule has 0 radical (unpaired) electrons. The van der Waals surface area contributed by atoms with E-state index < -0.39 is 6.04 Å². The second-order valence-corrected chi connectivity index (χ2v) is 8.15. The molecule has 0 aliphatic carbocycles. The molecule has 5 N–H and O–H groups in total. The Morgan fingerprint density at radius 1 is 1.18 bits per heavy atom. The van der Waals surface area contributed by atoms with Gasteiger partial charge in [-0.2, -0.15) is 0 Å². The average Bonchev–Trinajstić information content (AvgIpc) is 3.52. The van der Waals surface area contributed by atoms with Gasteiger partial charge < -0.3 is 16.0 Å². The van der Waals surface area contributed by atoms with Gasteiger partial charge in [-0.1, -0.05) is 18.2 Å². The molecule has 0 spiro atoms. The lowest BCUT2D eigenvalue weighted by Gasteiger charge is -2.20. The van der Waals surface area contributed by atoms with Crippen LogP contribution >= 0.6 is 12.4 Å². The molecule has 1 aliphatic heterocycles. The third-order valence-electron chi connectivity index (χ3n) is 5.80. The summed E-state index contributed by atoms with van der Waals surface area (Å²) in [5.41, 5.74) is 8.79. The number of aryl methyl sites for hydroxylation is 1. The van der Waals surface area contributed by atoms with Crippen LogP contribution in [0.15, 0.2) is 42.5 Å². The SMILES string of the molecule is Cc1cc(C(=O)NC(Cc2nnn[nH]2)c2cccc(C(=N)N)c2)ccc1C(=O)N1CCCC1.Cl. The molecule has 2 aromatic carbocycles. The Labute approximate surface area is 203 Å². The minimum absolute atomic E-state index is 0. The number of H-pyrrole nitrogens is 1. The lowest BCUT2D eigenvalue weighted by molar-refractivity contribution is 0.0791. The largest absolute Gasteiger partial charge is 0.384 e. The molecule has 34 heavy (non-hydrogen) atoms. The van der Waals surface area contributed by atoms with E-state index in [-0.39, 0.29) is 30.1 Å². The number of amidine groups is 1. The molecule has 4 rings (SSSR count). The smallest absolute Gasteiger partial charge is 0.254 e. The third kappa shape index (κ3) is 5.57. The molecule has 3 aromatic rings. The van der Waals surface area contributed by atoms with Crippen LogP contribution in [-0.4, -0.2) is 56.3 Å². The van der Waals surface area contributed by atoms with Crippen LogP contribution in [-0.2, 0) is 6.42 Å². The van der Waals surface area contributed by atoms with Crippen LogP contribution in [0, 0.1) is 12.3 Å². The first-order valence-electron chi connectivity index (χ1n) is 10.8. The fourth-order valence-corrected chi connectivity index (χ4v) is 4.01. The molecular weight excluding hydrogens is 456 g/mol.